The summed E-state index contributed by atoms with van der Waals surface area (Å²) in [5.74, 6) is 0.346. The van der Waals surface area contributed by atoms with Crippen LogP contribution in [0.1, 0.15) is 21.7 Å². The Labute approximate surface area is 133 Å². The molecule has 2 aromatic carbocycles. The van der Waals surface area contributed by atoms with Crippen LogP contribution in [-0.4, -0.2) is 20.7 Å². The molecular weight excluding hydrogens is 292 g/mol. The van der Waals surface area contributed by atoms with E-state index in [4.69, 9.17) is 5.21 Å². The topological polar surface area (TPSA) is 79.2 Å². The second-order valence-corrected chi connectivity index (χ2v) is 5.32. The zero-order chi connectivity index (χ0) is 16.2. The van der Waals surface area contributed by atoms with E-state index in [0.29, 0.717) is 12.1 Å². The van der Waals surface area contributed by atoms with Crippen molar-refractivity contribution in [3.8, 4) is 0 Å². The van der Waals surface area contributed by atoms with E-state index in [2.05, 4.69) is 22.4 Å². The molecule has 0 atom stereocenters. The smallest absolute Gasteiger partial charge is 0.274 e. The quantitative estimate of drug-likeness (QED) is 0.497. The van der Waals surface area contributed by atoms with E-state index in [0.717, 1.165) is 23.4 Å². The summed E-state index contributed by atoms with van der Waals surface area (Å²) >= 11 is 0. The van der Waals surface area contributed by atoms with E-state index in [-0.39, 0.29) is 0 Å². The van der Waals surface area contributed by atoms with Gasteiger partial charge in [-0.3, -0.25) is 10.0 Å². The minimum absolute atomic E-state index is 0.377. The molecule has 0 unspecified atom stereocenters. The molecule has 6 nitrogen and oxygen atoms in total. The number of carbonyl (C=O) groups excluding carboxylic acids is 1. The van der Waals surface area contributed by atoms with Crippen LogP contribution >= 0.6 is 0 Å². The first-order valence-corrected chi connectivity index (χ1v) is 7.33. The Balaban J connectivity index is 1.76. The zero-order valence-corrected chi connectivity index (χ0v) is 12.8. The molecule has 3 N–H and O–H groups in total. The third-order valence-electron chi connectivity index (χ3n) is 3.79. The van der Waals surface area contributed by atoms with E-state index in [1.54, 1.807) is 17.6 Å². The maximum Gasteiger partial charge on any atom is 0.274 e. The van der Waals surface area contributed by atoms with Crippen molar-refractivity contribution in [3.05, 3.63) is 65.5 Å². The first kappa shape index (κ1) is 15.2. The largest absolute Gasteiger partial charge is 0.330 e. The van der Waals surface area contributed by atoms with Gasteiger partial charge in [-0.05, 0) is 23.8 Å². The van der Waals surface area contributed by atoms with Gasteiger partial charge in [0.1, 0.15) is 5.82 Å². The van der Waals surface area contributed by atoms with Gasteiger partial charge in [0.15, 0.2) is 0 Å². The summed E-state index contributed by atoms with van der Waals surface area (Å²) in [6, 6.07) is 15.3. The van der Waals surface area contributed by atoms with Crippen molar-refractivity contribution < 1.29 is 10.0 Å². The van der Waals surface area contributed by atoms with Gasteiger partial charge in [-0.15, -0.1) is 0 Å². The number of carbonyl (C=O) groups is 1. The number of nitrogens with zero attached hydrogens (tertiary/aromatic N) is 2. The molecule has 1 amide bonds. The number of aromatic nitrogens is 2. The fourth-order valence-corrected chi connectivity index (χ4v) is 2.53. The van der Waals surface area contributed by atoms with Crippen LogP contribution in [-0.2, 0) is 20.1 Å². The Kier molecular flexibility index (Phi) is 4.36. The van der Waals surface area contributed by atoms with Crippen molar-refractivity contribution in [1.82, 2.24) is 20.3 Å². The van der Waals surface area contributed by atoms with Crippen molar-refractivity contribution in [2.24, 2.45) is 7.05 Å². The number of amides is 1. The molecule has 0 spiro atoms. The average molecular weight is 310 g/mol. The van der Waals surface area contributed by atoms with Crippen molar-refractivity contribution in [3.63, 3.8) is 0 Å². The molecule has 23 heavy (non-hydrogen) atoms. The second kappa shape index (κ2) is 6.60. The molecule has 1 heterocycles. The lowest BCUT2D eigenvalue weighted by Gasteiger charge is -2.05. The third kappa shape index (κ3) is 3.23. The normalized spacial score (nSPS) is 10.9. The highest BCUT2D eigenvalue weighted by molar-refractivity contribution is 5.96. The van der Waals surface area contributed by atoms with E-state index < -0.39 is 5.91 Å². The lowest BCUT2D eigenvalue weighted by Crippen LogP contribution is -2.18. The number of aryl methyl sites for hydroxylation is 1. The molecule has 3 aromatic rings. The van der Waals surface area contributed by atoms with Crippen LogP contribution in [0, 0.1) is 0 Å². The minimum Gasteiger partial charge on any atom is -0.330 e. The van der Waals surface area contributed by atoms with Gasteiger partial charge in [0.2, 0.25) is 0 Å². The number of nitrogens with one attached hydrogen (secondary N) is 2. The maximum atomic E-state index is 11.5. The van der Waals surface area contributed by atoms with Crippen molar-refractivity contribution in [2.75, 3.05) is 0 Å². The van der Waals surface area contributed by atoms with Gasteiger partial charge in [0.05, 0.1) is 17.6 Å². The third-order valence-corrected chi connectivity index (χ3v) is 3.79. The van der Waals surface area contributed by atoms with E-state index in [1.165, 1.54) is 5.56 Å². The molecule has 0 aliphatic rings. The second-order valence-electron chi connectivity index (χ2n) is 5.32. The van der Waals surface area contributed by atoms with Gasteiger partial charge in [-0.2, -0.15) is 0 Å². The maximum absolute atomic E-state index is 11.5. The Bertz CT molecular complexity index is 827. The molecule has 0 radical (unpaired) electrons. The highest BCUT2D eigenvalue weighted by Crippen LogP contribution is 2.17. The number of imidazole rings is 1. The zero-order valence-electron chi connectivity index (χ0n) is 12.8. The van der Waals surface area contributed by atoms with Crippen LogP contribution in [0.25, 0.3) is 11.0 Å². The van der Waals surface area contributed by atoms with Gasteiger partial charge in [0.25, 0.3) is 5.91 Å². The minimum atomic E-state index is -0.540. The van der Waals surface area contributed by atoms with Crippen molar-refractivity contribution in [2.45, 2.75) is 13.1 Å². The van der Waals surface area contributed by atoms with Gasteiger partial charge in [-0.1, -0.05) is 30.3 Å². The van der Waals surface area contributed by atoms with Crippen LogP contribution in [0.5, 0.6) is 0 Å². The standard InChI is InChI=1S/C17H18N4O2/c1-21-15-8-7-13(17(22)20-23)9-14(15)19-16(21)11-18-10-12-5-3-2-4-6-12/h2-9,18,23H,10-11H2,1H3,(H,20,22). The summed E-state index contributed by atoms with van der Waals surface area (Å²) in [7, 11) is 1.95. The lowest BCUT2D eigenvalue weighted by molar-refractivity contribution is 0.0706. The van der Waals surface area contributed by atoms with Crippen LogP contribution < -0.4 is 10.8 Å². The predicted molar refractivity (Wildman–Crippen MR) is 87.0 cm³/mol. The summed E-state index contributed by atoms with van der Waals surface area (Å²) in [6.07, 6.45) is 0. The summed E-state index contributed by atoms with van der Waals surface area (Å²) in [6.45, 7) is 1.39. The Morgan fingerprint density at radius 2 is 1.96 bits per heavy atom. The monoisotopic (exact) mass is 310 g/mol. The van der Waals surface area contributed by atoms with Crippen LogP contribution in [0.2, 0.25) is 0 Å². The highest BCUT2D eigenvalue weighted by Gasteiger charge is 2.11. The van der Waals surface area contributed by atoms with E-state index in [9.17, 15) is 4.79 Å². The number of rotatable bonds is 5. The van der Waals surface area contributed by atoms with Gasteiger partial charge < -0.3 is 9.88 Å². The Hall–Kier alpha value is -2.70. The van der Waals surface area contributed by atoms with Crippen molar-refractivity contribution >= 4 is 16.9 Å². The fourth-order valence-electron chi connectivity index (χ4n) is 2.53. The number of hydrogen-bond donors (Lipinski definition) is 3. The molecule has 0 saturated carbocycles. The van der Waals surface area contributed by atoms with Crippen molar-refractivity contribution in [1.29, 1.82) is 0 Å². The van der Waals surface area contributed by atoms with Crippen LogP contribution in [0.4, 0.5) is 0 Å². The molecule has 0 fully saturated rings. The molecule has 6 heteroatoms. The summed E-state index contributed by atoms with van der Waals surface area (Å²) in [5, 5.41) is 12.1. The number of fused-ring (bicyclic) bond motifs is 1. The number of benzene rings is 2. The van der Waals surface area contributed by atoms with Crippen LogP contribution in [0.15, 0.2) is 48.5 Å². The predicted octanol–water partition coefficient (Wildman–Crippen LogP) is 1.98. The van der Waals surface area contributed by atoms with Gasteiger partial charge >= 0.3 is 0 Å². The molecule has 0 saturated heterocycles. The van der Waals surface area contributed by atoms with E-state index >= 15 is 0 Å². The SMILES string of the molecule is Cn1c(CNCc2ccccc2)nc2cc(C(=O)NO)ccc21. The molecule has 3 rings (SSSR count). The lowest BCUT2D eigenvalue weighted by atomic mass is 10.2. The van der Waals surface area contributed by atoms with Gasteiger partial charge in [-0.25, -0.2) is 10.5 Å². The highest BCUT2D eigenvalue weighted by atomic mass is 16.5. The fraction of sp³-hybridized carbons (Fsp3) is 0.176. The molecular formula is C17H18N4O2. The Morgan fingerprint density at radius 1 is 1.17 bits per heavy atom. The summed E-state index contributed by atoms with van der Waals surface area (Å²) in [5.41, 5.74) is 4.89. The molecule has 0 aliphatic carbocycles. The first-order chi connectivity index (χ1) is 11.2. The molecule has 0 aliphatic heterocycles. The molecule has 1 aromatic heterocycles. The number of hydrogen-bond acceptors (Lipinski definition) is 4. The summed E-state index contributed by atoms with van der Waals surface area (Å²) < 4.78 is 1.99. The summed E-state index contributed by atoms with van der Waals surface area (Å²) in [4.78, 5) is 16.0. The van der Waals surface area contributed by atoms with E-state index in [1.807, 2.05) is 35.9 Å². The average Bonchev–Trinajstić information content (AvgIpc) is 2.90. The van der Waals surface area contributed by atoms with Gasteiger partial charge in [0, 0.05) is 19.2 Å². The molecule has 118 valence electrons. The number of hydroxylamine groups is 1. The Morgan fingerprint density at radius 3 is 2.70 bits per heavy atom. The molecule has 0 bridgehead atoms. The van der Waals surface area contributed by atoms with Crippen LogP contribution in [0.3, 0.4) is 0 Å². The first-order valence-electron chi connectivity index (χ1n) is 7.33.